The van der Waals surface area contributed by atoms with Crippen molar-refractivity contribution < 1.29 is 9.18 Å². The molecule has 5 rings (SSSR count). The van der Waals surface area contributed by atoms with E-state index in [0.29, 0.717) is 25.9 Å². The number of pyridine rings is 1. The van der Waals surface area contributed by atoms with Crippen LogP contribution in [0.5, 0.6) is 0 Å². The van der Waals surface area contributed by atoms with Gasteiger partial charge in [-0.3, -0.25) is 4.79 Å². The molecule has 2 aromatic rings. The molecule has 136 valence electrons. The minimum Gasteiger partial charge on any atom is -0.355 e. The lowest BCUT2D eigenvalue weighted by molar-refractivity contribution is -0.137. The fourth-order valence-corrected chi connectivity index (χ4v) is 4.66. The molecule has 5 nitrogen and oxygen atoms in total. The smallest absolute Gasteiger partial charge is 0.260 e. The maximum atomic E-state index is 14.4. The maximum absolute atomic E-state index is 14.4. The third kappa shape index (κ3) is 2.01. The number of carbonyl (C=O) groups excluding carboxylic acids is 1. The molecule has 1 saturated carbocycles. The molecule has 1 spiro atoms. The zero-order valence-electron chi connectivity index (χ0n) is 15.0. The van der Waals surface area contributed by atoms with Gasteiger partial charge in [-0.2, -0.15) is 0 Å². The number of nitrogens with zero attached hydrogens (tertiary/aromatic N) is 4. The molecule has 1 saturated heterocycles. The molecular weight excluding hydrogens is 331 g/mol. The lowest BCUT2D eigenvalue weighted by atomic mass is 9.88. The molecule has 0 radical (unpaired) electrons. The number of anilines is 1. The van der Waals surface area contributed by atoms with Crippen LogP contribution in [-0.4, -0.2) is 45.7 Å². The molecule has 1 atom stereocenters. The largest absolute Gasteiger partial charge is 0.355 e. The predicted molar refractivity (Wildman–Crippen MR) is 97.1 cm³/mol. The summed E-state index contributed by atoms with van der Waals surface area (Å²) in [5.41, 5.74) is 0.332. The summed E-state index contributed by atoms with van der Waals surface area (Å²) in [5, 5.41) is 0. The van der Waals surface area contributed by atoms with Gasteiger partial charge in [0.05, 0.1) is 11.4 Å². The van der Waals surface area contributed by atoms with E-state index >= 15 is 0 Å². The van der Waals surface area contributed by atoms with E-state index in [4.69, 9.17) is 0 Å². The van der Waals surface area contributed by atoms with Gasteiger partial charge in [-0.15, -0.1) is 0 Å². The summed E-state index contributed by atoms with van der Waals surface area (Å²) in [5.74, 6) is 0.612. The molecule has 0 N–H and O–H groups in total. The van der Waals surface area contributed by atoms with Gasteiger partial charge in [-0.05, 0) is 49.9 Å². The van der Waals surface area contributed by atoms with Crippen LogP contribution in [0.4, 0.5) is 10.1 Å². The number of likely N-dealkylation sites (tertiary alicyclic amines) is 1. The second-order valence-electron chi connectivity index (χ2n) is 7.73. The minimum absolute atomic E-state index is 0.309. The molecule has 0 unspecified atom stereocenters. The highest BCUT2D eigenvalue weighted by atomic mass is 19.1. The average Bonchev–Trinajstić information content (AvgIpc) is 3.08. The van der Waals surface area contributed by atoms with Crippen molar-refractivity contribution in [3.8, 4) is 5.82 Å². The minimum atomic E-state index is -1.60. The van der Waals surface area contributed by atoms with Crippen LogP contribution in [0.25, 0.3) is 5.82 Å². The van der Waals surface area contributed by atoms with E-state index in [2.05, 4.69) is 33.5 Å². The van der Waals surface area contributed by atoms with Crippen LogP contribution in [-0.2, 0) is 10.3 Å². The standard InChI is InChI=1S/C20H23FN4O/c1-2-11-25-15-5-3-10-22-17(15)24-12-4-6-16(24)20(25)9-13-23(14-20)18(26)19(21)7-8-19/h3-6,10,12H,2,7-9,11,13-14H2,1H3/t20-/m1/s1. The Bertz CT molecular complexity index is 874. The van der Waals surface area contributed by atoms with Crippen molar-refractivity contribution in [3.05, 3.63) is 42.4 Å². The Morgan fingerprint density at radius 1 is 1.27 bits per heavy atom. The van der Waals surface area contributed by atoms with Gasteiger partial charge >= 0.3 is 0 Å². The predicted octanol–water partition coefficient (Wildman–Crippen LogP) is 3.03. The molecule has 1 aliphatic carbocycles. The molecule has 26 heavy (non-hydrogen) atoms. The highest BCUT2D eigenvalue weighted by Gasteiger charge is 2.57. The first kappa shape index (κ1) is 15.9. The van der Waals surface area contributed by atoms with Crippen LogP contribution in [0, 0.1) is 0 Å². The number of alkyl halides is 1. The van der Waals surface area contributed by atoms with Crippen molar-refractivity contribution >= 4 is 11.6 Å². The van der Waals surface area contributed by atoms with E-state index in [-0.39, 0.29) is 11.4 Å². The molecule has 4 heterocycles. The van der Waals surface area contributed by atoms with Gasteiger partial charge in [0, 0.05) is 32.0 Å². The van der Waals surface area contributed by atoms with Gasteiger partial charge in [0.15, 0.2) is 11.5 Å². The summed E-state index contributed by atoms with van der Waals surface area (Å²) >= 11 is 0. The molecule has 2 aliphatic heterocycles. The Labute approximate surface area is 152 Å². The SMILES string of the molecule is CCCN1c2cccnc2-n2cccc2[C@]12CCN(C(=O)C1(F)CC1)C2. The zero-order chi connectivity index (χ0) is 17.9. The third-order valence-electron chi connectivity index (χ3n) is 6.08. The highest BCUT2D eigenvalue weighted by Crippen LogP contribution is 2.49. The summed E-state index contributed by atoms with van der Waals surface area (Å²) in [4.78, 5) is 21.4. The van der Waals surface area contributed by atoms with E-state index in [1.807, 2.05) is 24.5 Å². The maximum Gasteiger partial charge on any atom is 0.260 e. The molecule has 0 bridgehead atoms. The Morgan fingerprint density at radius 2 is 2.12 bits per heavy atom. The monoisotopic (exact) mass is 354 g/mol. The van der Waals surface area contributed by atoms with Crippen LogP contribution < -0.4 is 4.90 Å². The van der Waals surface area contributed by atoms with Crippen LogP contribution >= 0.6 is 0 Å². The molecule has 0 aromatic carbocycles. The van der Waals surface area contributed by atoms with Crippen LogP contribution in [0.2, 0.25) is 0 Å². The second kappa shape index (κ2) is 5.32. The number of carbonyl (C=O) groups is 1. The Hall–Kier alpha value is -2.37. The van der Waals surface area contributed by atoms with Gasteiger partial charge in [-0.25, -0.2) is 9.37 Å². The molecular formula is C20H23FN4O. The third-order valence-corrected chi connectivity index (χ3v) is 6.08. The summed E-state index contributed by atoms with van der Waals surface area (Å²) < 4.78 is 16.5. The number of rotatable bonds is 3. The summed E-state index contributed by atoms with van der Waals surface area (Å²) in [6.45, 7) is 4.18. The molecule has 3 aliphatic rings. The fraction of sp³-hybridized carbons (Fsp3) is 0.500. The Balaban J connectivity index is 1.60. The van der Waals surface area contributed by atoms with E-state index in [1.54, 1.807) is 4.90 Å². The first-order chi connectivity index (χ1) is 12.6. The van der Waals surface area contributed by atoms with Crippen molar-refractivity contribution in [1.82, 2.24) is 14.5 Å². The van der Waals surface area contributed by atoms with Gasteiger partial charge in [0.2, 0.25) is 0 Å². The summed E-state index contributed by atoms with van der Waals surface area (Å²) in [7, 11) is 0. The van der Waals surface area contributed by atoms with E-state index in [1.165, 1.54) is 0 Å². The number of fused-ring (bicyclic) bond motifs is 4. The lowest BCUT2D eigenvalue weighted by Gasteiger charge is -2.47. The van der Waals surface area contributed by atoms with Crippen molar-refractivity contribution in [2.24, 2.45) is 0 Å². The summed E-state index contributed by atoms with van der Waals surface area (Å²) in [6, 6.07) is 8.22. The highest BCUT2D eigenvalue weighted by molar-refractivity contribution is 5.88. The normalized spacial score (nSPS) is 25.3. The van der Waals surface area contributed by atoms with Crippen LogP contribution in [0.15, 0.2) is 36.7 Å². The molecule has 6 heteroatoms. The van der Waals surface area contributed by atoms with Gasteiger partial charge in [0.1, 0.15) is 5.54 Å². The molecule has 2 fully saturated rings. The topological polar surface area (TPSA) is 41.4 Å². The lowest BCUT2D eigenvalue weighted by Crippen LogP contribution is -2.53. The first-order valence-electron chi connectivity index (χ1n) is 9.48. The Morgan fingerprint density at radius 3 is 2.88 bits per heavy atom. The van der Waals surface area contributed by atoms with E-state index in [9.17, 15) is 9.18 Å². The van der Waals surface area contributed by atoms with Crippen LogP contribution in [0.3, 0.4) is 0 Å². The zero-order valence-corrected chi connectivity index (χ0v) is 15.0. The van der Waals surface area contributed by atoms with Crippen molar-refractivity contribution in [3.63, 3.8) is 0 Å². The average molecular weight is 354 g/mol. The first-order valence-corrected chi connectivity index (χ1v) is 9.48. The van der Waals surface area contributed by atoms with Gasteiger partial charge < -0.3 is 14.4 Å². The number of halogens is 1. The summed E-state index contributed by atoms with van der Waals surface area (Å²) in [6.07, 6.45) is 6.41. The second-order valence-corrected chi connectivity index (χ2v) is 7.73. The number of amides is 1. The van der Waals surface area contributed by atoms with Gasteiger partial charge in [-0.1, -0.05) is 6.92 Å². The van der Waals surface area contributed by atoms with E-state index < -0.39 is 5.67 Å². The van der Waals surface area contributed by atoms with E-state index in [0.717, 1.165) is 36.6 Å². The number of hydrogen-bond acceptors (Lipinski definition) is 3. The molecule has 1 amide bonds. The van der Waals surface area contributed by atoms with Crippen LogP contribution in [0.1, 0.15) is 38.3 Å². The number of hydrogen-bond donors (Lipinski definition) is 0. The fourth-order valence-electron chi connectivity index (χ4n) is 4.66. The van der Waals surface area contributed by atoms with Gasteiger partial charge in [0.25, 0.3) is 5.91 Å². The van der Waals surface area contributed by atoms with Crippen molar-refractivity contribution in [2.45, 2.75) is 43.8 Å². The molecule has 2 aromatic heterocycles. The van der Waals surface area contributed by atoms with Crippen molar-refractivity contribution in [1.29, 1.82) is 0 Å². The number of aromatic nitrogens is 2. The Kier molecular flexibility index (Phi) is 3.24. The quantitative estimate of drug-likeness (QED) is 0.851. The van der Waals surface area contributed by atoms with Crippen molar-refractivity contribution in [2.75, 3.05) is 24.5 Å².